The second-order valence-corrected chi connectivity index (χ2v) is 7.14. The van der Waals surface area contributed by atoms with Crippen molar-refractivity contribution in [3.05, 3.63) is 53.6 Å². The van der Waals surface area contributed by atoms with Crippen LogP contribution in [0, 0.1) is 5.82 Å². The predicted molar refractivity (Wildman–Crippen MR) is 96.0 cm³/mol. The number of nitrogens with one attached hydrogen (secondary N) is 1. The molecule has 140 valence electrons. The smallest absolute Gasteiger partial charge is 0.271 e. The molecule has 1 aliphatic heterocycles. The summed E-state index contributed by atoms with van der Waals surface area (Å²) in [5, 5.41) is 17.5. The molecule has 1 amide bonds. The molecule has 0 aliphatic carbocycles. The van der Waals surface area contributed by atoms with E-state index in [1.54, 1.807) is 29.3 Å². The Morgan fingerprint density at radius 1 is 1.31 bits per heavy atom. The molecule has 1 aliphatic rings. The average molecular weight is 360 g/mol. The topological polar surface area (TPSA) is 72.5 Å². The zero-order valence-corrected chi connectivity index (χ0v) is 15.0. The lowest BCUT2D eigenvalue weighted by molar-refractivity contribution is -0.00402. The molecule has 0 unspecified atom stereocenters. The van der Waals surface area contributed by atoms with Gasteiger partial charge < -0.3 is 10.0 Å². The first kappa shape index (κ1) is 18.5. The summed E-state index contributed by atoms with van der Waals surface area (Å²) >= 11 is 0. The van der Waals surface area contributed by atoms with Crippen LogP contribution in [0.5, 0.6) is 0 Å². The number of carbonyl (C=O) groups excluding carboxylic acids is 1. The highest BCUT2D eigenvalue weighted by atomic mass is 19.1. The normalized spacial score (nSPS) is 21.0. The van der Waals surface area contributed by atoms with Crippen LogP contribution in [0.4, 0.5) is 4.39 Å². The highest BCUT2D eigenvalue weighted by Crippen LogP contribution is 2.24. The fraction of sp³-hybridized carbons (Fsp3) is 0.474. The van der Waals surface area contributed by atoms with Crippen molar-refractivity contribution in [3.63, 3.8) is 0 Å². The van der Waals surface area contributed by atoms with E-state index in [2.05, 4.69) is 10.2 Å². The molecule has 0 radical (unpaired) electrons. The maximum absolute atomic E-state index is 13.0. The van der Waals surface area contributed by atoms with Crippen LogP contribution in [0.3, 0.4) is 0 Å². The van der Waals surface area contributed by atoms with Crippen molar-refractivity contribution in [3.8, 4) is 0 Å². The van der Waals surface area contributed by atoms with Gasteiger partial charge in [0.25, 0.3) is 5.91 Å². The van der Waals surface area contributed by atoms with Gasteiger partial charge in [0.05, 0.1) is 5.60 Å². The minimum absolute atomic E-state index is 0.0774. The molecule has 2 heterocycles. The Kier molecular flexibility index (Phi) is 5.68. The van der Waals surface area contributed by atoms with Gasteiger partial charge in [-0.25, -0.2) is 4.39 Å². The fourth-order valence-corrected chi connectivity index (χ4v) is 3.55. The van der Waals surface area contributed by atoms with Gasteiger partial charge in [-0.3, -0.25) is 14.8 Å². The highest BCUT2D eigenvalue weighted by Gasteiger charge is 2.33. The van der Waals surface area contributed by atoms with Gasteiger partial charge in [0, 0.05) is 32.4 Å². The summed E-state index contributed by atoms with van der Waals surface area (Å²) in [5.41, 5.74) is 0.642. The minimum atomic E-state index is -0.836. The van der Waals surface area contributed by atoms with Crippen LogP contribution < -0.4 is 0 Å². The fourth-order valence-electron chi connectivity index (χ4n) is 3.55. The molecular weight excluding hydrogens is 335 g/mol. The van der Waals surface area contributed by atoms with Crippen molar-refractivity contribution in [1.82, 2.24) is 20.0 Å². The van der Waals surface area contributed by atoms with E-state index in [1.165, 1.54) is 12.1 Å². The molecule has 26 heavy (non-hydrogen) atoms. The first-order valence-electron chi connectivity index (χ1n) is 8.89. The Morgan fingerprint density at radius 3 is 2.77 bits per heavy atom. The van der Waals surface area contributed by atoms with E-state index in [4.69, 9.17) is 0 Å². The molecule has 1 fully saturated rings. The molecule has 1 saturated heterocycles. The van der Waals surface area contributed by atoms with Gasteiger partial charge in [0.2, 0.25) is 0 Å². The number of aromatic amines is 1. The maximum Gasteiger partial charge on any atom is 0.271 e. The number of halogens is 1. The molecule has 0 saturated carbocycles. The molecule has 1 aromatic carbocycles. The quantitative estimate of drug-likeness (QED) is 0.856. The molecule has 1 atom stereocenters. The summed E-state index contributed by atoms with van der Waals surface area (Å²) in [6.07, 6.45) is 3.49. The highest BCUT2D eigenvalue weighted by molar-refractivity contribution is 5.92. The third-order valence-electron chi connectivity index (χ3n) is 4.87. The molecule has 6 nitrogen and oxygen atoms in total. The predicted octanol–water partition coefficient (Wildman–Crippen LogP) is 2.04. The molecule has 3 rings (SSSR count). The van der Waals surface area contributed by atoms with Crippen molar-refractivity contribution in [2.75, 3.05) is 26.7 Å². The Balaban J connectivity index is 1.56. The number of likely N-dealkylation sites (tertiary alicyclic amines) is 1. The Hall–Kier alpha value is -2.25. The Bertz CT molecular complexity index is 720. The zero-order chi connectivity index (χ0) is 18.6. The number of likely N-dealkylation sites (N-methyl/N-ethyl adjacent to an activating group) is 1. The Labute approximate surface area is 152 Å². The van der Waals surface area contributed by atoms with Gasteiger partial charge in [0.1, 0.15) is 11.5 Å². The van der Waals surface area contributed by atoms with Crippen molar-refractivity contribution < 1.29 is 14.3 Å². The van der Waals surface area contributed by atoms with E-state index in [0.717, 1.165) is 12.0 Å². The van der Waals surface area contributed by atoms with E-state index >= 15 is 0 Å². The zero-order valence-electron chi connectivity index (χ0n) is 15.0. The van der Waals surface area contributed by atoms with Crippen LogP contribution in [-0.2, 0) is 6.54 Å². The number of aromatic nitrogens is 2. The van der Waals surface area contributed by atoms with Gasteiger partial charge in [-0.1, -0.05) is 12.1 Å². The molecule has 0 spiro atoms. The molecule has 0 bridgehead atoms. The minimum Gasteiger partial charge on any atom is -0.388 e. The number of hydrogen-bond acceptors (Lipinski definition) is 4. The van der Waals surface area contributed by atoms with Crippen LogP contribution in [0.25, 0.3) is 0 Å². The molecule has 2 N–H and O–H groups in total. The van der Waals surface area contributed by atoms with Crippen LogP contribution >= 0.6 is 0 Å². The lowest BCUT2D eigenvalue weighted by atomic mass is 9.94. The average Bonchev–Trinajstić information content (AvgIpc) is 3.07. The molecule has 2 aromatic rings. The molecular formula is C19H25FN4O2. The number of benzene rings is 1. The number of nitrogens with zero attached hydrogens (tertiary/aromatic N) is 3. The standard InChI is InChI=1S/C19H25FN4O2/c1-23(13-15-3-5-16(20)6-4-15)14-19(26)8-2-11-24(12-9-19)18(25)17-7-10-21-22-17/h3-7,10,26H,2,8-9,11-14H2,1H3,(H,21,22)/t19-/m1/s1. The number of H-pyrrole nitrogens is 1. The monoisotopic (exact) mass is 360 g/mol. The second-order valence-electron chi connectivity index (χ2n) is 7.14. The van der Waals surface area contributed by atoms with Crippen molar-refractivity contribution in [2.24, 2.45) is 0 Å². The summed E-state index contributed by atoms with van der Waals surface area (Å²) in [5.74, 6) is -0.327. The van der Waals surface area contributed by atoms with E-state index in [-0.39, 0.29) is 11.7 Å². The van der Waals surface area contributed by atoms with E-state index in [9.17, 15) is 14.3 Å². The number of hydrogen-bond donors (Lipinski definition) is 2. The largest absolute Gasteiger partial charge is 0.388 e. The lowest BCUT2D eigenvalue weighted by Crippen LogP contribution is -2.42. The summed E-state index contributed by atoms with van der Waals surface area (Å²) in [4.78, 5) is 16.3. The van der Waals surface area contributed by atoms with Gasteiger partial charge in [0.15, 0.2) is 0 Å². The molecule has 7 heteroatoms. The van der Waals surface area contributed by atoms with E-state index < -0.39 is 5.60 Å². The number of carbonyl (C=O) groups is 1. The van der Waals surface area contributed by atoms with E-state index in [0.29, 0.717) is 44.7 Å². The SMILES string of the molecule is CN(Cc1ccc(F)cc1)C[C@@]1(O)CCCN(C(=O)c2ccn[nH]2)CC1. The third-order valence-corrected chi connectivity index (χ3v) is 4.87. The van der Waals surface area contributed by atoms with Crippen LogP contribution in [0.2, 0.25) is 0 Å². The lowest BCUT2D eigenvalue weighted by Gasteiger charge is -2.31. The first-order chi connectivity index (χ1) is 12.5. The Morgan fingerprint density at radius 2 is 2.08 bits per heavy atom. The summed E-state index contributed by atoms with van der Waals surface area (Å²) in [6.45, 7) is 2.29. The number of rotatable bonds is 5. The van der Waals surface area contributed by atoms with Crippen LogP contribution in [0.15, 0.2) is 36.5 Å². The third kappa shape index (κ3) is 4.68. The molecule has 1 aromatic heterocycles. The number of aliphatic hydroxyl groups is 1. The van der Waals surface area contributed by atoms with Gasteiger partial charge in [-0.2, -0.15) is 5.10 Å². The summed E-state index contributed by atoms with van der Waals surface area (Å²) in [6, 6.07) is 8.07. The number of amides is 1. The maximum atomic E-state index is 13.0. The summed E-state index contributed by atoms with van der Waals surface area (Å²) < 4.78 is 13.0. The van der Waals surface area contributed by atoms with Crippen LogP contribution in [-0.4, -0.2) is 63.3 Å². The summed E-state index contributed by atoms with van der Waals surface area (Å²) in [7, 11) is 1.94. The van der Waals surface area contributed by atoms with Crippen molar-refractivity contribution >= 4 is 5.91 Å². The van der Waals surface area contributed by atoms with Gasteiger partial charge in [-0.05, 0) is 50.1 Å². The second kappa shape index (κ2) is 7.97. The van der Waals surface area contributed by atoms with Crippen LogP contribution in [0.1, 0.15) is 35.3 Å². The van der Waals surface area contributed by atoms with Gasteiger partial charge in [-0.15, -0.1) is 0 Å². The van der Waals surface area contributed by atoms with Gasteiger partial charge >= 0.3 is 0 Å². The van der Waals surface area contributed by atoms with E-state index in [1.807, 2.05) is 11.9 Å². The first-order valence-corrected chi connectivity index (χ1v) is 8.89. The van der Waals surface area contributed by atoms with Crippen molar-refractivity contribution in [2.45, 2.75) is 31.4 Å². The van der Waals surface area contributed by atoms with Crippen molar-refractivity contribution in [1.29, 1.82) is 0 Å².